The normalized spacial score (nSPS) is 10.0. The Morgan fingerprint density at radius 2 is 2.24 bits per heavy atom. The number of aliphatic hydroxyl groups is 1. The first-order chi connectivity index (χ1) is 8.19. The molecule has 0 heterocycles. The summed E-state index contributed by atoms with van der Waals surface area (Å²) in [5, 5.41) is 22.4. The van der Waals surface area contributed by atoms with Gasteiger partial charge in [-0.05, 0) is 25.0 Å². The Bertz CT molecular complexity index is 382. The zero-order chi connectivity index (χ0) is 12.7. The number of hydrogen-bond acceptors (Lipinski definition) is 5. The van der Waals surface area contributed by atoms with E-state index in [-0.39, 0.29) is 12.3 Å². The smallest absolute Gasteiger partial charge is 0.296 e. The third kappa shape index (κ3) is 3.92. The average molecular weight is 240 g/mol. The Morgan fingerprint density at radius 3 is 2.82 bits per heavy atom. The number of ether oxygens (including phenoxy) is 1. The molecule has 0 spiro atoms. The van der Waals surface area contributed by atoms with E-state index in [0.717, 1.165) is 6.42 Å². The molecule has 94 valence electrons. The number of benzene rings is 1. The molecule has 1 rings (SSSR count). The number of nitro groups is 1. The Labute approximate surface area is 99.4 Å². The van der Waals surface area contributed by atoms with Crippen molar-refractivity contribution in [2.45, 2.75) is 12.8 Å². The van der Waals surface area contributed by atoms with Gasteiger partial charge in [0.05, 0.1) is 18.1 Å². The van der Waals surface area contributed by atoms with Crippen LogP contribution in [0.2, 0.25) is 0 Å². The average Bonchev–Trinajstić information content (AvgIpc) is 2.34. The van der Waals surface area contributed by atoms with Gasteiger partial charge in [0, 0.05) is 13.2 Å². The molecule has 1 aromatic carbocycles. The second-order valence-electron chi connectivity index (χ2n) is 3.50. The zero-order valence-electron chi connectivity index (χ0n) is 9.68. The van der Waals surface area contributed by atoms with Gasteiger partial charge < -0.3 is 15.2 Å². The predicted octanol–water partition coefficient (Wildman–Crippen LogP) is 1.79. The summed E-state index contributed by atoms with van der Waals surface area (Å²) in [6.07, 6.45) is 1.44. The fraction of sp³-hybridized carbons (Fsp3) is 0.455. The SMILES string of the molecule is COc1ccc(NCCCCO)c([N+](=O)[O-])c1. The highest BCUT2D eigenvalue weighted by atomic mass is 16.6. The molecule has 0 aromatic heterocycles. The van der Waals surface area contributed by atoms with Crippen molar-refractivity contribution >= 4 is 11.4 Å². The molecule has 0 aliphatic carbocycles. The molecular formula is C11H16N2O4. The maximum absolute atomic E-state index is 10.8. The summed E-state index contributed by atoms with van der Waals surface area (Å²) in [7, 11) is 1.47. The van der Waals surface area contributed by atoms with Crippen LogP contribution in [0.1, 0.15) is 12.8 Å². The molecule has 1 aromatic rings. The first-order valence-electron chi connectivity index (χ1n) is 5.36. The van der Waals surface area contributed by atoms with Gasteiger partial charge in [-0.3, -0.25) is 10.1 Å². The molecule has 0 fully saturated rings. The van der Waals surface area contributed by atoms with Crippen molar-refractivity contribution in [3.05, 3.63) is 28.3 Å². The number of methoxy groups -OCH3 is 1. The first-order valence-corrected chi connectivity index (χ1v) is 5.36. The van der Waals surface area contributed by atoms with E-state index >= 15 is 0 Å². The van der Waals surface area contributed by atoms with Gasteiger partial charge in [0.2, 0.25) is 0 Å². The van der Waals surface area contributed by atoms with Crippen LogP contribution in [0.4, 0.5) is 11.4 Å². The van der Waals surface area contributed by atoms with Crippen LogP contribution in [-0.4, -0.2) is 30.3 Å². The second kappa shape index (κ2) is 6.70. The summed E-state index contributed by atoms with van der Waals surface area (Å²) >= 11 is 0. The molecule has 0 bridgehead atoms. The number of unbranched alkanes of at least 4 members (excludes halogenated alkanes) is 1. The maximum atomic E-state index is 10.8. The Kier molecular flexibility index (Phi) is 5.22. The minimum Gasteiger partial charge on any atom is -0.496 e. The van der Waals surface area contributed by atoms with E-state index in [1.54, 1.807) is 12.1 Å². The molecule has 0 saturated heterocycles. The van der Waals surface area contributed by atoms with Gasteiger partial charge in [-0.2, -0.15) is 0 Å². The minimum absolute atomic E-state index is 0.00616. The Balaban J connectivity index is 2.73. The van der Waals surface area contributed by atoms with Crippen molar-refractivity contribution in [1.29, 1.82) is 0 Å². The molecule has 6 heteroatoms. The van der Waals surface area contributed by atoms with Gasteiger partial charge in [-0.25, -0.2) is 0 Å². The van der Waals surface area contributed by atoms with Crippen LogP contribution in [-0.2, 0) is 0 Å². The van der Waals surface area contributed by atoms with Crippen LogP contribution in [0.5, 0.6) is 5.75 Å². The standard InChI is InChI=1S/C11H16N2O4/c1-17-9-4-5-10(11(8-9)13(15)16)12-6-2-3-7-14/h4-5,8,12,14H,2-3,6-7H2,1H3. The molecule has 0 amide bonds. The van der Waals surface area contributed by atoms with Gasteiger partial charge in [-0.1, -0.05) is 0 Å². The monoisotopic (exact) mass is 240 g/mol. The number of nitrogens with zero attached hydrogens (tertiary/aromatic N) is 1. The minimum atomic E-state index is -0.448. The van der Waals surface area contributed by atoms with Crippen LogP contribution in [0.3, 0.4) is 0 Å². The summed E-state index contributed by atoms with van der Waals surface area (Å²) in [6.45, 7) is 0.722. The van der Waals surface area contributed by atoms with Crippen molar-refractivity contribution in [3.63, 3.8) is 0 Å². The van der Waals surface area contributed by atoms with E-state index < -0.39 is 4.92 Å². The number of nitrogens with one attached hydrogen (secondary N) is 1. The van der Waals surface area contributed by atoms with E-state index in [0.29, 0.717) is 24.4 Å². The largest absolute Gasteiger partial charge is 0.496 e. The third-order valence-corrected chi connectivity index (χ3v) is 2.30. The van der Waals surface area contributed by atoms with Gasteiger partial charge in [-0.15, -0.1) is 0 Å². The molecule has 0 atom stereocenters. The lowest BCUT2D eigenvalue weighted by atomic mass is 10.2. The van der Waals surface area contributed by atoms with E-state index in [4.69, 9.17) is 9.84 Å². The molecule has 6 nitrogen and oxygen atoms in total. The molecule has 0 saturated carbocycles. The molecule has 2 N–H and O–H groups in total. The van der Waals surface area contributed by atoms with Crippen molar-refractivity contribution < 1.29 is 14.8 Å². The lowest BCUT2D eigenvalue weighted by Crippen LogP contribution is -2.05. The molecule has 0 unspecified atom stereocenters. The summed E-state index contributed by atoms with van der Waals surface area (Å²) in [4.78, 5) is 10.4. The van der Waals surface area contributed by atoms with Crippen molar-refractivity contribution in [2.24, 2.45) is 0 Å². The van der Waals surface area contributed by atoms with Crippen molar-refractivity contribution in [1.82, 2.24) is 0 Å². The quantitative estimate of drug-likeness (QED) is 0.431. The van der Waals surface area contributed by atoms with E-state index in [1.165, 1.54) is 13.2 Å². The second-order valence-corrected chi connectivity index (χ2v) is 3.50. The van der Waals surface area contributed by atoms with Gasteiger partial charge in [0.25, 0.3) is 5.69 Å². The summed E-state index contributed by atoms with van der Waals surface area (Å²) in [5.74, 6) is 0.456. The highest BCUT2D eigenvalue weighted by Gasteiger charge is 2.14. The summed E-state index contributed by atoms with van der Waals surface area (Å²) in [6, 6.07) is 4.67. The van der Waals surface area contributed by atoms with E-state index in [9.17, 15) is 10.1 Å². The first kappa shape index (κ1) is 13.2. The third-order valence-electron chi connectivity index (χ3n) is 2.30. The summed E-state index contributed by atoms with van der Waals surface area (Å²) < 4.78 is 4.94. The highest BCUT2D eigenvalue weighted by molar-refractivity contribution is 5.63. The maximum Gasteiger partial charge on any atom is 0.296 e. The van der Waals surface area contributed by atoms with E-state index in [1.807, 2.05) is 0 Å². The zero-order valence-corrected chi connectivity index (χ0v) is 9.68. The fourth-order valence-electron chi connectivity index (χ4n) is 1.40. The Morgan fingerprint density at radius 1 is 1.47 bits per heavy atom. The van der Waals surface area contributed by atoms with Crippen LogP contribution in [0, 0.1) is 10.1 Å². The van der Waals surface area contributed by atoms with Crippen LogP contribution < -0.4 is 10.1 Å². The van der Waals surface area contributed by atoms with Crippen LogP contribution in [0.15, 0.2) is 18.2 Å². The molecule has 17 heavy (non-hydrogen) atoms. The number of rotatable bonds is 7. The highest BCUT2D eigenvalue weighted by Crippen LogP contribution is 2.28. The Hall–Kier alpha value is -1.82. The van der Waals surface area contributed by atoms with Gasteiger partial charge in [0.1, 0.15) is 11.4 Å². The fourth-order valence-corrected chi connectivity index (χ4v) is 1.40. The lowest BCUT2D eigenvalue weighted by molar-refractivity contribution is -0.384. The van der Waals surface area contributed by atoms with Crippen LogP contribution >= 0.6 is 0 Å². The number of anilines is 1. The van der Waals surface area contributed by atoms with Crippen molar-refractivity contribution in [2.75, 3.05) is 25.6 Å². The predicted molar refractivity (Wildman–Crippen MR) is 64.5 cm³/mol. The molecule has 0 radical (unpaired) electrons. The van der Waals surface area contributed by atoms with Gasteiger partial charge in [0.15, 0.2) is 0 Å². The van der Waals surface area contributed by atoms with Crippen molar-refractivity contribution in [3.8, 4) is 5.75 Å². The molecule has 0 aliphatic rings. The number of nitro benzene ring substituents is 1. The van der Waals surface area contributed by atoms with E-state index in [2.05, 4.69) is 5.32 Å². The summed E-state index contributed by atoms with van der Waals surface area (Å²) in [5.41, 5.74) is 0.460. The molecule has 0 aliphatic heterocycles. The van der Waals surface area contributed by atoms with Crippen LogP contribution in [0.25, 0.3) is 0 Å². The topological polar surface area (TPSA) is 84.6 Å². The number of aliphatic hydroxyl groups excluding tert-OH is 1. The lowest BCUT2D eigenvalue weighted by Gasteiger charge is -2.07. The van der Waals surface area contributed by atoms with Gasteiger partial charge >= 0.3 is 0 Å². The molecular weight excluding hydrogens is 224 g/mol. The number of hydrogen-bond donors (Lipinski definition) is 2.